The lowest BCUT2D eigenvalue weighted by molar-refractivity contribution is 0.0922. The summed E-state index contributed by atoms with van der Waals surface area (Å²) in [5.74, 6) is 1.02. The summed E-state index contributed by atoms with van der Waals surface area (Å²) in [6, 6.07) is 3.04. The third-order valence-corrected chi connectivity index (χ3v) is 3.00. The standard InChI is InChI=1S/C15H23NO5/c1-9(6-10(2)17)16-15(18)11-7-12(19-3)14(21-5)13(8-11)20-4/h7-10,17H,6H2,1-5H3,(H,16,18). The fourth-order valence-corrected chi connectivity index (χ4v) is 2.09. The van der Waals surface area contributed by atoms with Crippen molar-refractivity contribution in [2.45, 2.75) is 32.4 Å². The highest BCUT2D eigenvalue weighted by molar-refractivity contribution is 5.95. The molecule has 0 aliphatic heterocycles. The Hall–Kier alpha value is -1.95. The molecule has 2 atom stereocenters. The second kappa shape index (κ2) is 7.73. The van der Waals surface area contributed by atoms with Gasteiger partial charge in [-0.05, 0) is 32.4 Å². The first-order valence-electron chi connectivity index (χ1n) is 6.71. The minimum atomic E-state index is -0.472. The van der Waals surface area contributed by atoms with E-state index in [1.807, 2.05) is 6.92 Å². The number of rotatable bonds is 7. The van der Waals surface area contributed by atoms with Crippen molar-refractivity contribution in [3.8, 4) is 17.2 Å². The highest BCUT2D eigenvalue weighted by Gasteiger charge is 2.18. The zero-order valence-electron chi connectivity index (χ0n) is 13.1. The molecule has 2 unspecified atom stereocenters. The number of benzene rings is 1. The molecule has 0 spiro atoms. The van der Waals surface area contributed by atoms with Crippen LogP contribution in [-0.4, -0.2) is 44.5 Å². The van der Waals surface area contributed by atoms with Gasteiger partial charge in [-0.25, -0.2) is 0 Å². The number of ether oxygens (including phenoxy) is 3. The summed E-state index contributed by atoms with van der Waals surface area (Å²) in [4.78, 5) is 12.2. The molecule has 0 aliphatic rings. The molecular weight excluding hydrogens is 274 g/mol. The molecule has 21 heavy (non-hydrogen) atoms. The van der Waals surface area contributed by atoms with Gasteiger partial charge >= 0.3 is 0 Å². The van der Waals surface area contributed by atoms with E-state index in [1.54, 1.807) is 19.1 Å². The van der Waals surface area contributed by atoms with Crippen molar-refractivity contribution < 1.29 is 24.1 Å². The van der Waals surface area contributed by atoms with E-state index in [4.69, 9.17) is 14.2 Å². The highest BCUT2D eigenvalue weighted by atomic mass is 16.5. The van der Waals surface area contributed by atoms with Crippen LogP contribution < -0.4 is 19.5 Å². The zero-order chi connectivity index (χ0) is 16.0. The van der Waals surface area contributed by atoms with Crippen molar-refractivity contribution in [2.75, 3.05) is 21.3 Å². The molecule has 6 nitrogen and oxygen atoms in total. The summed E-state index contributed by atoms with van der Waals surface area (Å²) in [5, 5.41) is 12.1. The SMILES string of the molecule is COc1cc(C(=O)NC(C)CC(C)O)cc(OC)c1OC. The predicted molar refractivity (Wildman–Crippen MR) is 79.3 cm³/mol. The number of methoxy groups -OCH3 is 3. The number of carbonyl (C=O) groups excluding carboxylic acids is 1. The van der Waals surface area contributed by atoms with Gasteiger partial charge in [-0.1, -0.05) is 0 Å². The zero-order valence-corrected chi connectivity index (χ0v) is 13.1. The van der Waals surface area contributed by atoms with E-state index in [0.717, 1.165) is 0 Å². The number of carbonyl (C=O) groups is 1. The monoisotopic (exact) mass is 297 g/mol. The molecule has 0 radical (unpaired) electrons. The van der Waals surface area contributed by atoms with Gasteiger partial charge in [0.25, 0.3) is 5.91 Å². The summed E-state index contributed by atoms with van der Waals surface area (Å²) in [6.45, 7) is 3.52. The number of aliphatic hydroxyl groups is 1. The number of aliphatic hydroxyl groups excluding tert-OH is 1. The Morgan fingerprint density at radius 1 is 1.14 bits per heavy atom. The lowest BCUT2D eigenvalue weighted by Crippen LogP contribution is -2.34. The lowest BCUT2D eigenvalue weighted by Gasteiger charge is -2.17. The maximum absolute atomic E-state index is 12.2. The van der Waals surface area contributed by atoms with Crippen molar-refractivity contribution in [3.63, 3.8) is 0 Å². The topological polar surface area (TPSA) is 77.0 Å². The van der Waals surface area contributed by atoms with Gasteiger partial charge in [-0.2, -0.15) is 0 Å². The van der Waals surface area contributed by atoms with Crippen LogP contribution in [0.25, 0.3) is 0 Å². The number of nitrogens with one attached hydrogen (secondary N) is 1. The molecule has 0 aromatic heterocycles. The number of amides is 1. The quantitative estimate of drug-likeness (QED) is 0.799. The summed E-state index contributed by atoms with van der Waals surface area (Å²) in [6.07, 6.45) is 0.0103. The van der Waals surface area contributed by atoms with Crippen LogP contribution in [0, 0.1) is 0 Å². The Balaban J connectivity index is 2.99. The van der Waals surface area contributed by atoms with Crippen LogP contribution in [0.15, 0.2) is 12.1 Å². The Morgan fingerprint density at radius 2 is 1.67 bits per heavy atom. The van der Waals surface area contributed by atoms with Crippen LogP contribution in [0.1, 0.15) is 30.6 Å². The van der Waals surface area contributed by atoms with Crippen molar-refractivity contribution in [2.24, 2.45) is 0 Å². The second-order valence-corrected chi connectivity index (χ2v) is 4.87. The maximum atomic E-state index is 12.2. The molecule has 1 aromatic carbocycles. The molecule has 6 heteroatoms. The van der Waals surface area contributed by atoms with Gasteiger partial charge in [0.05, 0.1) is 27.4 Å². The summed E-state index contributed by atoms with van der Waals surface area (Å²) in [5.41, 5.74) is 0.405. The molecular formula is C15H23NO5. The first kappa shape index (κ1) is 17.1. The van der Waals surface area contributed by atoms with Gasteiger partial charge in [0, 0.05) is 11.6 Å². The average molecular weight is 297 g/mol. The second-order valence-electron chi connectivity index (χ2n) is 4.87. The van der Waals surface area contributed by atoms with Crippen molar-refractivity contribution in [1.82, 2.24) is 5.32 Å². The van der Waals surface area contributed by atoms with Crippen LogP contribution >= 0.6 is 0 Å². The van der Waals surface area contributed by atoms with E-state index in [0.29, 0.717) is 29.2 Å². The van der Waals surface area contributed by atoms with Crippen LogP contribution in [0.2, 0.25) is 0 Å². The van der Waals surface area contributed by atoms with Gasteiger partial charge in [0.15, 0.2) is 11.5 Å². The van der Waals surface area contributed by atoms with E-state index in [1.165, 1.54) is 21.3 Å². The van der Waals surface area contributed by atoms with Crippen LogP contribution in [0.5, 0.6) is 17.2 Å². The van der Waals surface area contributed by atoms with Gasteiger partial charge in [0.1, 0.15) is 0 Å². The Morgan fingerprint density at radius 3 is 2.05 bits per heavy atom. The smallest absolute Gasteiger partial charge is 0.251 e. The van der Waals surface area contributed by atoms with E-state index in [2.05, 4.69) is 5.32 Å². The van der Waals surface area contributed by atoms with E-state index >= 15 is 0 Å². The molecule has 0 heterocycles. The Labute approximate surface area is 125 Å². The third-order valence-electron chi connectivity index (χ3n) is 3.00. The molecule has 0 aliphatic carbocycles. The summed E-state index contributed by atoms with van der Waals surface area (Å²) < 4.78 is 15.6. The third kappa shape index (κ3) is 4.53. The molecule has 0 saturated carbocycles. The molecule has 0 bridgehead atoms. The van der Waals surface area contributed by atoms with Gasteiger partial charge in [0.2, 0.25) is 5.75 Å². The largest absolute Gasteiger partial charge is 0.493 e. The molecule has 0 saturated heterocycles. The van der Waals surface area contributed by atoms with Crippen molar-refractivity contribution in [1.29, 1.82) is 0 Å². The normalized spacial score (nSPS) is 13.2. The number of hydrogen-bond donors (Lipinski definition) is 2. The molecule has 2 N–H and O–H groups in total. The molecule has 1 aromatic rings. The minimum Gasteiger partial charge on any atom is -0.493 e. The lowest BCUT2D eigenvalue weighted by atomic mass is 10.1. The van der Waals surface area contributed by atoms with Gasteiger partial charge in [-0.15, -0.1) is 0 Å². The summed E-state index contributed by atoms with van der Waals surface area (Å²) in [7, 11) is 4.49. The van der Waals surface area contributed by atoms with Crippen LogP contribution in [-0.2, 0) is 0 Å². The maximum Gasteiger partial charge on any atom is 0.251 e. The first-order valence-corrected chi connectivity index (χ1v) is 6.71. The highest BCUT2D eigenvalue weighted by Crippen LogP contribution is 2.38. The number of hydrogen-bond acceptors (Lipinski definition) is 5. The molecule has 118 valence electrons. The van der Waals surface area contributed by atoms with E-state index in [9.17, 15) is 9.90 Å². The first-order chi connectivity index (χ1) is 9.92. The van der Waals surface area contributed by atoms with E-state index < -0.39 is 6.10 Å². The molecule has 0 fully saturated rings. The molecule has 1 rings (SSSR count). The fourth-order valence-electron chi connectivity index (χ4n) is 2.09. The van der Waals surface area contributed by atoms with Gasteiger partial charge in [-0.3, -0.25) is 4.79 Å². The van der Waals surface area contributed by atoms with Crippen molar-refractivity contribution in [3.05, 3.63) is 17.7 Å². The van der Waals surface area contributed by atoms with Crippen LogP contribution in [0.3, 0.4) is 0 Å². The predicted octanol–water partition coefficient (Wildman–Crippen LogP) is 1.60. The summed E-state index contributed by atoms with van der Waals surface area (Å²) >= 11 is 0. The van der Waals surface area contributed by atoms with Crippen LogP contribution in [0.4, 0.5) is 0 Å². The van der Waals surface area contributed by atoms with E-state index in [-0.39, 0.29) is 11.9 Å². The van der Waals surface area contributed by atoms with Gasteiger partial charge < -0.3 is 24.6 Å². The Bertz CT molecular complexity index is 462. The minimum absolute atomic E-state index is 0.142. The fraction of sp³-hybridized carbons (Fsp3) is 0.533. The Kier molecular flexibility index (Phi) is 6.30. The average Bonchev–Trinajstić information content (AvgIpc) is 2.44. The van der Waals surface area contributed by atoms with Crippen molar-refractivity contribution >= 4 is 5.91 Å². The molecule has 1 amide bonds.